The van der Waals surface area contributed by atoms with Crippen LogP contribution in [-0.4, -0.2) is 34.9 Å². The van der Waals surface area contributed by atoms with Crippen LogP contribution in [0.2, 0.25) is 0 Å². The molecule has 4 heteroatoms. The van der Waals surface area contributed by atoms with Crippen LogP contribution in [0.1, 0.15) is 174 Å². The lowest BCUT2D eigenvalue weighted by Gasteiger charge is -2.20. The molecule has 0 rings (SSSR count). The van der Waals surface area contributed by atoms with Crippen molar-refractivity contribution < 1.29 is 15.0 Å². The van der Waals surface area contributed by atoms with Crippen LogP contribution in [-0.2, 0) is 4.79 Å². The summed E-state index contributed by atoms with van der Waals surface area (Å²) in [4.78, 5) is 12.3. The minimum absolute atomic E-state index is 0.0804. The minimum Gasteiger partial charge on any atom is -0.394 e. The van der Waals surface area contributed by atoms with Gasteiger partial charge >= 0.3 is 0 Å². The monoisotopic (exact) mass is 576 g/mol. The molecule has 0 saturated heterocycles. The molecule has 240 valence electrons. The van der Waals surface area contributed by atoms with E-state index in [1.807, 2.05) is 6.08 Å². The first kappa shape index (κ1) is 39.6. The first-order valence-corrected chi connectivity index (χ1v) is 17.7. The van der Waals surface area contributed by atoms with E-state index in [-0.39, 0.29) is 12.5 Å². The van der Waals surface area contributed by atoms with Crippen molar-refractivity contribution in [1.29, 1.82) is 0 Å². The summed E-state index contributed by atoms with van der Waals surface area (Å²) in [7, 11) is 0. The molecule has 0 aromatic heterocycles. The van der Waals surface area contributed by atoms with Crippen molar-refractivity contribution in [2.24, 2.45) is 0 Å². The molecule has 0 radical (unpaired) electrons. The molecule has 3 N–H and O–H groups in total. The highest BCUT2D eigenvalue weighted by molar-refractivity contribution is 5.76. The summed E-state index contributed by atoms with van der Waals surface area (Å²) in [5, 5.41) is 22.8. The summed E-state index contributed by atoms with van der Waals surface area (Å²) in [6, 6.07) is -0.626. The molecule has 2 unspecified atom stereocenters. The second kappa shape index (κ2) is 33.1. The van der Waals surface area contributed by atoms with Crippen LogP contribution < -0.4 is 5.32 Å². The Morgan fingerprint density at radius 3 is 1.51 bits per heavy atom. The Morgan fingerprint density at radius 1 is 0.585 bits per heavy atom. The quantitative estimate of drug-likeness (QED) is 0.0569. The van der Waals surface area contributed by atoms with Crippen molar-refractivity contribution in [3.05, 3.63) is 36.5 Å². The molecule has 0 saturated carbocycles. The third-order valence-electron chi connectivity index (χ3n) is 7.87. The van der Waals surface area contributed by atoms with Gasteiger partial charge < -0.3 is 15.5 Å². The maximum Gasteiger partial charge on any atom is 0.220 e. The number of rotatable bonds is 31. The highest BCUT2D eigenvalue weighted by Gasteiger charge is 2.17. The maximum atomic E-state index is 12.3. The van der Waals surface area contributed by atoms with E-state index >= 15 is 0 Å². The van der Waals surface area contributed by atoms with Gasteiger partial charge in [-0.3, -0.25) is 4.79 Å². The fourth-order valence-corrected chi connectivity index (χ4v) is 5.09. The van der Waals surface area contributed by atoms with Gasteiger partial charge in [0.15, 0.2) is 0 Å². The summed E-state index contributed by atoms with van der Waals surface area (Å²) in [5.41, 5.74) is 0. The molecular weight excluding hydrogens is 506 g/mol. The Morgan fingerprint density at radius 2 is 1.00 bits per heavy atom. The summed E-state index contributed by atoms with van der Waals surface area (Å²) < 4.78 is 0. The van der Waals surface area contributed by atoms with Crippen molar-refractivity contribution in [3.8, 4) is 0 Å². The molecule has 0 bridgehead atoms. The summed E-state index contributed by atoms with van der Waals surface area (Å²) in [5.74, 6) is -0.0804. The van der Waals surface area contributed by atoms with Crippen LogP contribution in [0.5, 0.6) is 0 Å². The predicted octanol–water partition coefficient (Wildman–Crippen LogP) is 10.3. The van der Waals surface area contributed by atoms with Gasteiger partial charge in [0.2, 0.25) is 5.91 Å². The van der Waals surface area contributed by atoms with Gasteiger partial charge in [-0.2, -0.15) is 0 Å². The molecule has 0 fully saturated rings. The average molecular weight is 576 g/mol. The van der Waals surface area contributed by atoms with Crippen molar-refractivity contribution >= 4 is 5.91 Å². The number of aliphatic hydroxyl groups excluding tert-OH is 2. The molecule has 0 aliphatic carbocycles. The fraction of sp³-hybridized carbons (Fsp3) is 0.811. The van der Waals surface area contributed by atoms with E-state index in [0.29, 0.717) is 6.42 Å². The lowest BCUT2D eigenvalue weighted by Crippen LogP contribution is -2.45. The summed E-state index contributed by atoms with van der Waals surface area (Å²) in [6.45, 7) is 4.26. The zero-order chi connectivity index (χ0) is 30.1. The minimum atomic E-state index is -0.842. The third-order valence-corrected chi connectivity index (χ3v) is 7.87. The van der Waals surface area contributed by atoms with Crippen molar-refractivity contribution in [2.75, 3.05) is 6.61 Å². The van der Waals surface area contributed by atoms with Crippen LogP contribution in [0.3, 0.4) is 0 Å². The molecule has 0 aliphatic heterocycles. The smallest absolute Gasteiger partial charge is 0.220 e. The summed E-state index contributed by atoms with van der Waals surface area (Å²) in [6.07, 6.45) is 42.2. The Bertz CT molecular complexity index is 628. The Kier molecular flexibility index (Phi) is 32.0. The number of carbonyl (C=O) groups excluding carboxylic acids is 1. The molecular formula is C37H69NO3. The van der Waals surface area contributed by atoms with E-state index < -0.39 is 12.1 Å². The van der Waals surface area contributed by atoms with Crippen LogP contribution >= 0.6 is 0 Å². The first-order valence-electron chi connectivity index (χ1n) is 17.7. The number of amides is 1. The van der Waals surface area contributed by atoms with Gasteiger partial charge in [-0.1, -0.05) is 153 Å². The van der Waals surface area contributed by atoms with E-state index in [4.69, 9.17) is 0 Å². The van der Waals surface area contributed by atoms with Gasteiger partial charge in [0.1, 0.15) is 0 Å². The predicted molar refractivity (Wildman–Crippen MR) is 179 cm³/mol. The van der Waals surface area contributed by atoms with Gasteiger partial charge in [-0.05, 0) is 51.4 Å². The van der Waals surface area contributed by atoms with Gasteiger partial charge in [0.25, 0.3) is 0 Å². The highest BCUT2D eigenvalue weighted by Crippen LogP contribution is 2.13. The molecule has 2 atom stereocenters. The van der Waals surface area contributed by atoms with E-state index in [0.717, 1.165) is 44.9 Å². The number of nitrogens with one attached hydrogen (secondary N) is 1. The molecule has 4 nitrogen and oxygen atoms in total. The number of hydrogen-bond acceptors (Lipinski definition) is 3. The standard InChI is InChI=1S/C37H69NO3/c1-3-5-7-9-11-13-15-17-19-21-23-25-27-29-31-33-37(41)38-35(34-39)36(40)32-30-28-26-24-22-20-18-16-14-12-10-8-6-4-2/h11,13,17,19,30,32,35-36,39-40H,3-10,12,14-16,18,20-29,31,33-34H2,1-2H3,(H,38,41)/b13-11-,19-17-,32-30+. The zero-order valence-electron chi connectivity index (χ0n) is 27.3. The van der Waals surface area contributed by atoms with Gasteiger partial charge in [-0.15, -0.1) is 0 Å². The molecule has 0 aromatic carbocycles. The van der Waals surface area contributed by atoms with E-state index in [2.05, 4.69) is 43.5 Å². The first-order chi connectivity index (χ1) is 20.2. The second-order valence-electron chi connectivity index (χ2n) is 11.9. The largest absolute Gasteiger partial charge is 0.394 e. The Labute approximate surface area is 255 Å². The Balaban J connectivity index is 3.68. The van der Waals surface area contributed by atoms with Crippen LogP contribution in [0.15, 0.2) is 36.5 Å². The van der Waals surface area contributed by atoms with Gasteiger partial charge in [0.05, 0.1) is 18.8 Å². The summed E-state index contributed by atoms with van der Waals surface area (Å²) >= 11 is 0. The third kappa shape index (κ3) is 29.9. The molecule has 0 aromatic rings. The van der Waals surface area contributed by atoms with Crippen LogP contribution in [0.4, 0.5) is 0 Å². The lowest BCUT2D eigenvalue weighted by atomic mass is 10.0. The maximum absolute atomic E-state index is 12.3. The molecule has 0 aliphatic rings. The SMILES string of the molecule is CCCCC/C=C\C/C=C\CCCCCCCC(=O)NC(CO)C(O)/C=C/CCCCCCCCCCCCCC. The van der Waals surface area contributed by atoms with Crippen molar-refractivity contribution in [3.63, 3.8) is 0 Å². The van der Waals surface area contributed by atoms with Crippen molar-refractivity contribution in [1.82, 2.24) is 5.32 Å². The topological polar surface area (TPSA) is 69.6 Å². The number of unbranched alkanes of at least 4 members (excludes halogenated alkanes) is 20. The van der Waals surface area contributed by atoms with Crippen LogP contribution in [0.25, 0.3) is 0 Å². The molecule has 0 spiro atoms. The van der Waals surface area contributed by atoms with Gasteiger partial charge in [0, 0.05) is 6.42 Å². The number of hydrogen-bond donors (Lipinski definition) is 3. The highest BCUT2D eigenvalue weighted by atomic mass is 16.3. The number of aliphatic hydroxyl groups is 2. The normalized spacial score (nSPS) is 13.6. The van der Waals surface area contributed by atoms with E-state index in [1.54, 1.807) is 6.08 Å². The molecule has 0 heterocycles. The molecule has 1 amide bonds. The van der Waals surface area contributed by atoms with E-state index in [1.165, 1.54) is 109 Å². The van der Waals surface area contributed by atoms with Crippen molar-refractivity contribution in [2.45, 2.75) is 187 Å². The van der Waals surface area contributed by atoms with Gasteiger partial charge in [-0.25, -0.2) is 0 Å². The fourth-order valence-electron chi connectivity index (χ4n) is 5.09. The average Bonchev–Trinajstić information content (AvgIpc) is 2.97. The van der Waals surface area contributed by atoms with Crippen LogP contribution in [0, 0.1) is 0 Å². The Hall–Kier alpha value is -1.39. The number of allylic oxidation sites excluding steroid dienone is 5. The molecule has 41 heavy (non-hydrogen) atoms. The number of carbonyl (C=O) groups is 1. The zero-order valence-corrected chi connectivity index (χ0v) is 27.3. The van der Waals surface area contributed by atoms with E-state index in [9.17, 15) is 15.0 Å². The second-order valence-corrected chi connectivity index (χ2v) is 11.9. The lowest BCUT2D eigenvalue weighted by molar-refractivity contribution is -0.123.